The molecule has 0 radical (unpaired) electrons. The van der Waals surface area contributed by atoms with E-state index in [9.17, 15) is 0 Å². The van der Waals surface area contributed by atoms with E-state index in [0.29, 0.717) is 6.42 Å². The molecule has 2 fully saturated rings. The van der Waals surface area contributed by atoms with Gasteiger partial charge in [0.25, 0.3) is 0 Å². The first-order chi connectivity index (χ1) is 4.29. The highest BCUT2D eigenvalue weighted by molar-refractivity contribution is 4.98. The fraction of sp³-hybridized carbons (Fsp3) is 1.00. The smallest absolute Gasteiger partial charge is 0.112 e. The first kappa shape index (κ1) is 5.65. The van der Waals surface area contributed by atoms with E-state index in [1.165, 1.54) is 0 Å². The lowest BCUT2D eigenvalue weighted by molar-refractivity contribution is -0.00546. The predicted molar refractivity (Wildman–Crippen MR) is 29.9 cm³/mol. The largest absolute Gasteiger partial charge is 0.390 e. The minimum Gasteiger partial charge on any atom is -0.390 e. The van der Waals surface area contributed by atoms with Crippen molar-refractivity contribution in [2.45, 2.75) is 37.3 Å². The van der Waals surface area contributed by atoms with E-state index >= 15 is 0 Å². The van der Waals surface area contributed by atoms with Gasteiger partial charge in [-0.3, -0.25) is 0 Å². The van der Waals surface area contributed by atoms with Gasteiger partial charge < -0.3 is 14.9 Å². The second-order valence-corrected chi connectivity index (χ2v) is 2.77. The second-order valence-electron chi connectivity index (χ2n) is 2.77. The average Bonchev–Trinajstić information content (AvgIpc) is 2.58. The van der Waals surface area contributed by atoms with E-state index in [1.807, 2.05) is 0 Å². The molecule has 0 amide bonds. The molecule has 0 aromatic carbocycles. The van der Waals surface area contributed by atoms with Crippen LogP contribution in [0.3, 0.4) is 0 Å². The number of hydrogen-bond donors (Lipinski definition) is 2. The van der Waals surface area contributed by atoms with Crippen molar-refractivity contribution >= 4 is 0 Å². The van der Waals surface area contributed by atoms with E-state index in [1.54, 1.807) is 0 Å². The van der Waals surface area contributed by atoms with Crippen molar-refractivity contribution in [3.05, 3.63) is 0 Å². The molecule has 1 heterocycles. The standard InChI is InChI=1S/C6H10O3/c7-3-1-2-4-6(9-4)5(3)8/h3-8H,1-2H2/t3-,4+,5+,6+/m0/s1. The fourth-order valence-electron chi connectivity index (χ4n) is 1.41. The third kappa shape index (κ3) is 0.764. The minimum atomic E-state index is -0.622. The van der Waals surface area contributed by atoms with Crippen LogP contribution in [-0.2, 0) is 4.74 Å². The summed E-state index contributed by atoms with van der Waals surface area (Å²) in [6.07, 6.45) is 0.625. The summed E-state index contributed by atoms with van der Waals surface area (Å²) in [7, 11) is 0. The zero-order chi connectivity index (χ0) is 6.43. The van der Waals surface area contributed by atoms with Gasteiger partial charge in [-0.1, -0.05) is 0 Å². The van der Waals surface area contributed by atoms with Crippen molar-refractivity contribution in [3.63, 3.8) is 0 Å². The van der Waals surface area contributed by atoms with Crippen molar-refractivity contribution in [2.24, 2.45) is 0 Å². The molecule has 0 aromatic heterocycles. The molecule has 1 saturated carbocycles. The van der Waals surface area contributed by atoms with Gasteiger partial charge in [0.2, 0.25) is 0 Å². The van der Waals surface area contributed by atoms with Gasteiger partial charge in [-0.2, -0.15) is 0 Å². The maximum absolute atomic E-state index is 9.11. The van der Waals surface area contributed by atoms with Crippen molar-refractivity contribution in [2.75, 3.05) is 0 Å². The second kappa shape index (κ2) is 1.68. The lowest BCUT2D eigenvalue weighted by Gasteiger charge is -2.18. The molecule has 0 aromatic rings. The number of aliphatic hydroxyl groups is 2. The lowest BCUT2D eigenvalue weighted by Crippen LogP contribution is -2.35. The number of ether oxygens (including phenoxy) is 1. The molecular weight excluding hydrogens is 120 g/mol. The molecule has 0 spiro atoms. The highest BCUT2D eigenvalue weighted by Gasteiger charge is 2.50. The number of hydrogen-bond acceptors (Lipinski definition) is 3. The predicted octanol–water partition coefficient (Wildman–Crippen LogP) is -0.731. The molecular formula is C6H10O3. The maximum atomic E-state index is 9.11. The Labute approximate surface area is 53.3 Å². The zero-order valence-corrected chi connectivity index (χ0v) is 5.03. The van der Waals surface area contributed by atoms with Gasteiger partial charge in [0, 0.05) is 0 Å². The van der Waals surface area contributed by atoms with Gasteiger partial charge in [0.05, 0.1) is 12.2 Å². The van der Waals surface area contributed by atoms with Crippen LogP contribution in [-0.4, -0.2) is 34.6 Å². The molecule has 1 aliphatic carbocycles. The van der Waals surface area contributed by atoms with Crippen molar-refractivity contribution < 1.29 is 14.9 Å². The third-order valence-corrected chi connectivity index (χ3v) is 2.10. The van der Waals surface area contributed by atoms with Crippen LogP contribution in [0.5, 0.6) is 0 Å². The first-order valence-electron chi connectivity index (χ1n) is 3.30. The minimum absolute atomic E-state index is 0.0475. The summed E-state index contributed by atoms with van der Waals surface area (Å²) in [6.45, 7) is 0. The van der Waals surface area contributed by atoms with E-state index in [4.69, 9.17) is 14.9 Å². The molecule has 2 rings (SSSR count). The number of aliphatic hydroxyl groups excluding tert-OH is 2. The molecule has 1 saturated heterocycles. The molecule has 3 nitrogen and oxygen atoms in total. The van der Waals surface area contributed by atoms with Gasteiger partial charge in [0.15, 0.2) is 0 Å². The molecule has 9 heavy (non-hydrogen) atoms. The van der Waals surface area contributed by atoms with Crippen LogP contribution in [0.15, 0.2) is 0 Å². The van der Waals surface area contributed by atoms with Gasteiger partial charge >= 0.3 is 0 Å². The Morgan fingerprint density at radius 3 is 2.67 bits per heavy atom. The highest BCUT2D eigenvalue weighted by atomic mass is 16.6. The van der Waals surface area contributed by atoms with E-state index < -0.39 is 12.2 Å². The normalized spacial score (nSPS) is 56.7. The van der Waals surface area contributed by atoms with Crippen LogP contribution < -0.4 is 0 Å². The Hall–Kier alpha value is -0.120. The molecule has 52 valence electrons. The van der Waals surface area contributed by atoms with Gasteiger partial charge in [-0.15, -0.1) is 0 Å². The molecule has 1 aliphatic heterocycles. The Morgan fingerprint density at radius 1 is 1.22 bits per heavy atom. The number of epoxide rings is 1. The summed E-state index contributed by atoms with van der Waals surface area (Å²) in [6, 6.07) is 0. The quantitative estimate of drug-likeness (QED) is 0.425. The fourth-order valence-corrected chi connectivity index (χ4v) is 1.41. The molecule has 2 N–H and O–H groups in total. The lowest BCUT2D eigenvalue weighted by atomic mass is 9.95. The van der Waals surface area contributed by atoms with E-state index in [-0.39, 0.29) is 12.2 Å². The Kier molecular flexibility index (Phi) is 1.06. The average molecular weight is 130 g/mol. The topological polar surface area (TPSA) is 53.0 Å². The Balaban J connectivity index is 2.02. The summed E-state index contributed by atoms with van der Waals surface area (Å²) in [5.41, 5.74) is 0. The summed E-state index contributed by atoms with van der Waals surface area (Å²) >= 11 is 0. The summed E-state index contributed by atoms with van der Waals surface area (Å²) in [4.78, 5) is 0. The van der Waals surface area contributed by atoms with Crippen LogP contribution in [0.2, 0.25) is 0 Å². The van der Waals surface area contributed by atoms with Crippen LogP contribution >= 0.6 is 0 Å². The van der Waals surface area contributed by atoms with Gasteiger partial charge in [-0.25, -0.2) is 0 Å². The van der Waals surface area contributed by atoms with Crippen LogP contribution in [0.4, 0.5) is 0 Å². The molecule has 4 atom stereocenters. The van der Waals surface area contributed by atoms with Crippen molar-refractivity contribution in [3.8, 4) is 0 Å². The zero-order valence-electron chi connectivity index (χ0n) is 5.03. The van der Waals surface area contributed by atoms with Crippen LogP contribution in [0.1, 0.15) is 12.8 Å². The monoisotopic (exact) mass is 130 g/mol. The maximum Gasteiger partial charge on any atom is 0.112 e. The molecule has 0 bridgehead atoms. The van der Waals surface area contributed by atoms with E-state index in [2.05, 4.69) is 0 Å². The van der Waals surface area contributed by atoms with Crippen LogP contribution in [0.25, 0.3) is 0 Å². The SMILES string of the molecule is O[C@H]1[C@@H]2O[C@@H]2CC[C@@H]1O. The molecule has 2 aliphatic rings. The summed E-state index contributed by atoms with van der Waals surface area (Å²) in [5.74, 6) is 0. The highest BCUT2D eigenvalue weighted by Crippen LogP contribution is 2.36. The van der Waals surface area contributed by atoms with Crippen molar-refractivity contribution in [1.82, 2.24) is 0 Å². The van der Waals surface area contributed by atoms with E-state index in [0.717, 1.165) is 6.42 Å². The number of fused-ring (bicyclic) bond motifs is 1. The number of rotatable bonds is 0. The van der Waals surface area contributed by atoms with Crippen molar-refractivity contribution in [1.29, 1.82) is 0 Å². The summed E-state index contributed by atoms with van der Waals surface area (Å²) < 4.78 is 5.05. The van der Waals surface area contributed by atoms with Gasteiger partial charge in [-0.05, 0) is 12.8 Å². The Bertz CT molecular complexity index is 123. The Morgan fingerprint density at radius 2 is 2.00 bits per heavy atom. The third-order valence-electron chi connectivity index (χ3n) is 2.10. The van der Waals surface area contributed by atoms with Gasteiger partial charge in [0.1, 0.15) is 12.2 Å². The first-order valence-corrected chi connectivity index (χ1v) is 3.30. The van der Waals surface area contributed by atoms with Crippen LogP contribution in [0, 0.1) is 0 Å². The summed E-state index contributed by atoms with van der Waals surface area (Å²) in [5, 5.41) is 18.2. The molecule has 0 unspecified atom stereocenters. The molecule has 3 heteroatoms.